The van der Waals surface area contributed by atoms with Gasteiger partial charge in [-0.15, -0.1) is 0 Å². The lowest BCUT2D eigenvalue weighted by atomic mass is 10.3. The number of pyridine rings is 1. The van der Waals surface area contributed by atoms with Gasteiger partial charge in [-0.3, -0.25) is 4.99 Å². The number of imidazole rings is 1. The summed E-state index contributed by atoms with van der Waals surface area (Å²) in [6.45, 7) is 0.576. The minimum absolute atomic E-state index is 0.377. The van der Waals surface area contributed by atoms with Gasteiger partial charge in [0.1, 0.15) is 11.4 Å². The van der Waals surface area contributed by atoms with Crippen LogP contribution in [0.25, 0.3) is 5.65 Å². The van der Waals surface area contributed by atoms with Crippen molar-refractivity contribution in [1.29, 1.82) is 0 Å². The van der Waals surface area contributed by atoms with Crippen LogP contribution in [0, 0.1) is 0 Å². The second-order valence-electron chi connectivity index (χ2n) is 5.07. The van der Waals surface area contributed by atoms with Gasteiger partial charge < -0.3 is 20.2 Å². The Morgan fingerprint density at radius 2 is 2.22 bits per heavy atom. The van der Waals surface area contributed by atoms with Crippen LogP contribution in [-0.4, -0.2) is 29.0 Å². The highest BCUT2D eigenvalue weighted by atomic mass is 16.5. The van der Waals surface area contributed by atoms with Crippen LogP contribution in [-0.2, 0) is 6.42 Å². The van der Waals surface area contributed by atoms with Crippen molar-refractivity contribution in [1.82, 2.24) is 9.38 Å². The molecule has 0 atom stereocenters. The molecule has 0 aliphatic heterocycles. The highest BCUT2D eigenvalue weighted by molar-refractivity contribution is 5.92. The van der Waals surface area contributed by atoms with E-state index in [2.05, 4.69) is 15.3 Å². The normalized spacial score (nSPS) is 11.6. The Morgan fingerprint density at radius 3 is 3.04 bits per heavy atom. The Kier molecular flexibility index (Phi) is 4.42. The van der Waals surface area contributed by atoms with E-state index >= 15 is 0 Å². The molecule has 3 aromatic rings. The lowest BCUT2D eigenvalue weighted by Crippen LogP contribution is -2.23. The molecule has 0 aliphatic carbocycles. The van der Waals surface area contributed by atoms with Crippen LogP contribution in [0.4, 0.5) is 5.69 Å². The Morgan fingerprint density at radius 1 is 1.30 bits per heavy atom. The van der Waals surface area contributed by atoms with Gasteiger partial charge in [-0.05, 0) is 24.3 Å². The second-order valence-corrected chi connectivity index (χ2v) is 5.07. The lowest BCUT2D eigenvalue weighted by Gasteiger charge is -2.07. The SMILES string of the molecule is COc1cccc(NC(N)=NCCc2cn3ccccc3n2)c1. The van der Waals surface area contributed by atoms with Crippen molar-refractivity contribution in [2.45, 2.75) is 6.42 Å². The molecule has 0 saturated carbocycles. The number of aliphatic imine (C=N–C) groups is 1. The zero-order valence-corrected chi connectivity index (χ0v) is 12.9. The van der Waals surface area contributed by atoms with E-state index in [-0.39, 0.29) is 0 Å². The molecule has 0 spiro atoms. The van der Waals surface area contributed by atoms with Gasteiger partial charge in [0.25, 0.3) is 0 Å². The minimum atomic E-state index is 0.377. The van der Waals surface area contributed by atoms with E-state index in [0.29, 0.717) is 12.5 Å². The monoisotopic (exact) mass is 309 g/mol. The first-order valence-corrected chi connectivity index (χ1v) is 7.38. The molecule has 0 aliphatic rings. The summed E-state index contributed by atoms with van der Waals surface area (Å²) in [4.78, 5) is 8.87. The Hall–Kier alpha value is -3.02. The Balaban J connectivity index is 1.58. The molecule has 6 heteroatoms. The molecule has 0 amide bonds. The second kappa shape index (κ2) is 6.83. The third-order valence-corrected chi connectivity index (χ3v) is 3.41. The largest absolute Gasteiger partial charge is 0.497 e. The molecule has 0 saturated heterocycles. The number of hydrogen-bond acceptors (Lipinski definition) is 3. The highest BCUT2D eigenvalue weighted by Crippen LogP contribution is 2.16. The van der Waals surface area contributed by atoms with E-state index in [1.165, 1.54) is 0 Å². The fraction of sp³-hybridized carbons (Fsp3) is 0.176. The van der Waals surface area contributed by atoms with E-state index in [0.717, 1.165) is 29.2 Å². The lowest BCUT2D eigenvalue weighted by molar-refractivity contribution is 0.415. The molecule has 118 valence electrons. The third-order valence-electron chi connectivity index (χ3n) is 3.41. The maximum atomic E-state index is 5.91. The van der Waals surface area contributed by atoms with E-state index in [9.17, 15) is 0 Å². The van der Waals surface area contributed by atoms with Gasteiger partial charge in [0.05, 0.1) is 12.8 Å². The molecule has 6 nitrogen and oxygen atoms in total. The molecule has 23 heavy (non-hydrogen) atoms. The summed E-state index contributed by atoms with van der Waals surface area (Å²) in [5.74, 6) is 1.15. The summed E-state index contributed by atoms with van der Waals surface area (Å²) in [5.41, 5.74) is 8.69. The van der Waals surface area contributed by atoms with Gasteiger partial charge >= 0.3 is 0 Å². The number of aromatic nitrogens is 2. The number of rotatable bonds is 5. The van der Waals surface area contributed by atoms with Crippen molar-refractivity contribution in [3.63, 3.8) is 0 Å². The summed E-state index contributed by atoms with van der Waals surface area (Å²) < 4.78 is 7.17. The Labute approximate surface area is 134 Å². The summed E-state index contributed by atoms with van der Waals surface area (Å²) in [6.07, 6.45) is 4.73. The van der Waals surface area contributed by atoms with Crippen LogP contribution in [0.15, 0.2) is 59.9 Å². The molecule has 0 unspecified atom stereocenters. The molecular weight excluding hydrogens is 290 g/mol. The maximum Gasteiger partial charge on any atom is 0.193 e. The standard InChI is InChI=1S/C17H19N5O/c1-23-15-6-4-5-13(11-15)21-17(18)19-9-8-14-12-22-10-3-2-7-16(22)20-14/h2-7,10-12H,8-9H2,1H3,(H3,18,19,21). The van der Waals surface area contributed by atoms with Gasteiger partial charge in [0.15, 0.2) is 5.96 Å². The predicted octanol–water partition coefficient (Wildman–Crippen LogP) is 2.31. The summed E-state index contributed by atoms with van der Waals surface area (Å²) >= 11 is 0. The number of fused-ring (bicyclic) bond motifs is 1. The number of nitrogens with zero attached hydrogens (tertiary/aromatic N) is 3. The Bertz CT molecular complexity index is 791. The number of guanidine groups is 1. The first-order valence-electron chi connectivity index (χ1n) is 7.38. The molecule has 1 aromatic carbocycles. The molecular formula is C17H19N5O. The number of hydrogen-bond donors (Lipinski definition) is 2. The molecule has 0 radical (unpaired) electrons. The summed E-state index contributed by atoms with van der Waals surface area (Å²) in [5, 5.41) is 3.05. The average molecular weight is 309 g/mol. The van der Waals surface area contributed by atoms with E-state index in [1.54, 1.807) is 7.11 Å². The summed E-state index contributed by atoms with van der Waals surface area (Å²) in [6, 6.07) is 13.5. The molecule has 3 N–H and O–H groups in total. The van der Waals surface area contributed by atoms with Gasteiger partial charge in [0, 0.05) is 37.1 Å². The fourth-order valence-electron chi connectivity index (χ4n) is 2.29. The van der Waals surface area contributed by atoms with Crippen molar-refractivity contribution in [3.8, 4) is 5.75 Å². The number of methoxy groups -OCH3 is 1. The number of nitrogens with two attached hydrogens (primary N) is 1. The average Bonchev–Trinajstić information content (AvgIpc) is 2.97. The van der Waals surface area contributed by atoms with Crippen LogP contribution in [0.2, 0.25) is 0 Å². The molecule has 3 rings (SSSR count). The van der Waals surface area contributed by atoms with Crippen molar-refractivity contribution in [2.75, 3.05) is 19.0 Å². The number of benzene rings is 1. The van der Waals surface area contributed by atoms with Crippen LogP contribution >= 0.6 is 0 Å². The van der Waals surface area contributed by atoms with Crippen LogP contribution in [0.5, 0.6) is 5.75 Å². The van der Waals surface area contributed by atoms with Crippen molar-refractivity contribution >= 4 is 17.3 Å². The summed E-state index contributed by atoms with van der Waals surface area (Å²) in [7, 11) is 1.63. The van der Waals surface area contributed by atoms with Crippen molar-refractivity contribution < 1.29 is 4.74 Å². The fourth-order valence-corrected chi connectivity index (χ4v) is 2.29. The zero-order valence-electron chi connectivity index (χ0n) is 12.9. The smallest absolute Gasteiger partial charge is 0.193 e. The van der Waals surface area contributed by atoms with Crippen molar-refractivity contribution in [2.24, 2.45) is 10.7 Å². The van der Waals surface area contributed by atoms with Crippen LogP contribution in [0.3, 0.4) is 0 Å². The molecule has 0 bridgehead atoms. The quantitative estimate of drug-likeness (QED) is 0.560. The third kappa shape index (κ3) is 3.79. The van der Waals surface area contributed by atoms with Gasteiger partial charge in [-0.2, -0.15) is 0 Å². The minimum Gasteiger partial charge on any atom is -0.497 e. The topological polar surface area (TPSA) is 76.9 Å². The van der Waals surface area contributed by atoms with Gasteiger partial charge in [0.2, 0.25) is 0 Å². The van der Waals surface area contributed by atoms with Crippen LogP contribution in [0.1, 0.15) is 5.69 Å². The first-order chi connectivity index (χ1) is 11.2. The number of nitrogens with one attached hydrogen (secondary N) is 1. The molecule has 2 aromatic heterocycles. The van der Waals surface area contributed by atoms with E-state index in [4.69, 9.17) is 10.5 Å². The van der Waals surface area contributed by atoms with Gasteiger partial charge in [-0.1, -0.05) is 12.1 Å². The number of anilines is 1. The highest BCUT2D eigenvalue weighted by Gasteiger charge is 2.01. The maximum absolute atomic E-state index is 5.91. The van der Waals surface area contributed by atoms with Crippen LogP contribution < -0.4 is 15.8 Å². The number of ether oxygens (including phenoxy) is 1. The zero-order chi connectivity index (χ0) is 16.1. The van der Waals surface area contributed by atoms with Gasteiger partial charge in [-0.25, -0.2) is 4.98 Å². The molecule has 2 heterocycles. The van der Waals surface area contributed by atoms with E-state index < -0.39 is 0 Å². The first kappa shape index (κ1) is 14.9. The van der Waals surface area contributed by atoms with Crippen molar-refractivity contribution in [3.05, 3.63) is 60.6 Å². The van der Waals surface area contributed by atoms with E-state index in [1.807, 2.05) is 59.3 Å². The molecule has 0 fully saturated rings. The predicted molar refractivity (Wildman–Crippen MR) is 92.0 cm³/mol.